The number of nitrogens with one attached hydrogen (secondary N) is 3. The van der Waals surface area contributed by atoms with Crippen LogP contribution in [0.25, 0.3) is 0 Å². The van der Waals surface area contributed by atoms with E-state index in [4.69, 9.17) is 0 Å². The van der Waals surface area contributed by atoms with Crippen LogP contribution in [0.15, 0.2) is 0 Å². The Morgan fingerprint density at radius 2 is 2.00 bits per heavy atom. The number of rotatable bonds is 4. The highest BCUT2D eigenvalue weighted by atomic mass is 32.2. The molecule has 0 aromatic heterocycles. The van der Waals surface area contributed by atoms with Gasteiger partial charge in [0.05, 0.1) is 0 Å². The van der Waals surface area contributed by atoms with Crippen molar-refractivity contribution in [3.63, 3.8) is 0 Å². The van der Waals surface area contributed by atoms with E-state index in [0.29, 0.717) is 12.5 Å². The Morgan fingerprint density at radius 1 is 1.38 bits per heavy atom. The predicted octanol–water partition coefficient (Wildman–Crippen LogP) is -0.960. The summed E-state index contributed by atoms with van der Waals surface area (Å²) in [7, 11) is -1.83. The first-order valence-electron chi connectivity index (χ1n) is 4.53. The van der Waals surface area contributed by atoms with Gasteiger partial charge in [-0.05, 0) is 31.8 Å². The second kappa shape index (κ2) is 4.90. The monoisotopic (exact) mass is 207 g/mol. The Morgan fingerprint density at radius 3 is 2.54 bits per heavy atom. The molecule has 0 spiro atoms. The van der Waals surface area contributed by atoms with Crippen molar-refractivity contribution in [1.82, 2.24) is 14.8 Å². The van der Waals surface area contributed by atoms with Crippen LogP contribution in [0.4, 0.5) is 0 Å². The normalized spacial score (nSPS) is 20.4. The van der Waals surface area contributed by atoms with Gasteiger partial charge in [0, 0.05) is 13.6 Å². The first-order chi connectivity index (χ1) is 6.14. The molecule has 0 unspecified atom stereocenters. The standard InChI is InChI=1S/C7H17N3O2S/c1-8-13(11,12)10-6-7-2-4-9-5-3-7/h7-10H,2-6H2,1H3. The fourth-order valence-electron chi connectivity index (χ4n) is 1.39. The Hall–Kier alpha value is -0.170. The molecule has 1 fully saturated rings. The van der Waals surface area contributed by atoms with Crippen molar-refractivity contribution >= 4 is 10.2 Å². The fraction of sp³-hybridized carbons (Fsp3) is 1.00. The molecule has 1 aliphatic rings. The number of hydrogen-bond acceptors (Lipinski definition) is 3. The van der Waals surface area contributed by atoms with Crippen LogP contribution in [0, 0.1) is 5.92 Å². The van der Waals surface area contributed by atoms with E-state index in [1.807, 2.05) is 0 Å². The third-order valence-corrected chi connectivity index (χ3v) is 3.37. The lowest BCUT2D eigenvalue weighted by atomic mass is 9.99. The van der Waals surface area contributed by atoms with E-state index < -0.39 is 10.2 Å². The summed E-state index contributed by atoms with van der Waals surface area (Å²) in [5.41, 5.74) is 0. The van der Waals surface area contributed by atoms with Gasteiger partial charge in [0.1, 0.15) is 0 Å². The van der Waals surface area contributed by atoms with Gasteiger partial charge >= 0.3 is 0 Å². The van der Waals surface area contributed by atoms with Crippen molar-refractivity contribution in [3.8, 4) is 0 Å². The summed E-state index contributed by atoms with van der Waals surface area (Å²) in [5.74, 6) is 0.476. The summed E-state index contributed by atoms with van der Waals surface area (Å²) < 4.78 is 26.7. The quantitative estimate of drug-likeness (QED) is 0.556. The van der Waals surface area contributed by atoms with Gasteiger partial charge < -0.3 is 5.32 Å². The molecule has 5 nitrogen and oxygen atoms in total. The van der Waals surface area contributed by atoms with Gasteiger partial charge in [0.25, 0.3) is 10.2 Å². The van der Waals surface area contributed by atoms with E-state index in [1.165, 1.54) is 7.05 Å². The molecule has 0 saturated carbocycles. The zero-order valence-corrected chi connectivity index (χ0v) is 8.65. The smallest absolute Gasteiger partial charge is 0.276 e. The average molecular weight is 207 g/mol. The largest absolute Gasteiger partial charge is 0.317 e. The molecule has 1 heterocycles. The maximum atomic E-state index is 11.0. The van der Waals surface area contributed by atoms with Gasteiger partial charge in [-0.25, -0.2) is 9.44 Å². The Balaban J connectivity index is 2.25. The molecule has 0 aliphatic carbocycles. The molecule has 1 rings (SSSR count). The zero-order chi connectivity index (χ0) is 9.73. The summed E-state index contributed by atoms with van der Waals surface area (Å²) in [6, 6.07) is 0. The first-order valence-corrected chi connectivity index (χ1v) is 6.01. The minimum Gasteiger partial charge on any atom is -0.317 e. The van der Waals surface area contributed by atoms with Crippen molar-refractivity contribution in [2.24, 2.45) is 5.92 Å². The molecule has 0 atom stereocenters. The molecule has 1 saturated heterocycles. The highest BCUT2D eigenvalue weighted by Gasteiger charge is 2.15. The Kier molecular flexibility index (Phi) is 4.11. The molecular formula is C7H17N3O2S. The minimum absolute atomic E-state index is 0.476. The summed E-state index contributed by atoms with van der Waals surface area (Å²) >= 11 is 0. The van der Waals surface area contributed by atoms with Gasteiger partial charge in [-0.15, -0.1) is 0 Å². The molecule has 0 aromatic rings. The summed E-state index contributed by atoms with van der Waals surface area (Å²) in [5, 5.41) is 3.23. The highest BCUT2D eigenvalue weighted by molar-refractivity contribution is 7.87. The van der Waals surface area contributed by atoms with Crippen LogP contribution in [-0.2, 0) is 10.2 Å². The highest BCUT2D eigenvalue weighted by Crippen LogP contribution is 2.09. The molecule has 0 bridgehead atoms. The first kappa shape index (κ1) is 10.9. The van der Waals surface area contributed by atoms with Gasteiger partial charge in [0.2, 0.25) is 0 Å². The fourth-order valence-corrected chi connectivity index (χ4v) is 1.99. The van der Waals surface area contributed by atoms with Gasteiger partial charge in [-0.3, -0.25) is 0 Å². The lowest BCUT2D eigenvalue weighted by Crippen LogP contribution is -2.40. The van der Waals surface area contributed by atoms with Crippen LogP contribution in [-0.4, -0.2) is 35.1 Å². The average Bonchev–Trinajstić information content (AvgIpc) is 2.17. The predicted molar refractivity (Wildman–Crippen MR) is 51.6 cm³/mol. The molecule has 1 aliphatic heterocycles. The van der Waals surface area contributed by atoms with Crippen LogP contribution < -0.4 is 14.8 Å². The zero-order valence-electron chi connectivity index (χ0n) is 7.84. The van der Waals surface area contributed by atoms with Gasteiger partial charge in [-0.1, -0.05) is 0 Å². The topological polar surface area (TPSA) is 70.2 Å². The number of piperidine rings is 1. The van der Waals surface area contributed by atoms with E-state index in [1.54, 1.807) is 0 Å². The summed E-state index contributed by atoms with van der Waals surface area (Å²) in [6.07, 6.45) is 2.10. The SMILES string of the molecule is CNS(=O)(=O)NCC1CCNCC1. The van der Waals surface area contributed by atoms with E-state index in [9.17, 15) is 8.42 Å². The minimum atomic E-state index is -3.24. The molecule has 0 amide bonds. The van der Waals surface area contributed by atoms with Gasteiger partial charge in [0.15, 0.2) is 0 Å². The molecule has 0 radical (unpaired) electrons. The van der Waals surface area contributed by atoms with Crippen LogP contribution in [0.5, 0.6) is 0 Å². The summed E-state index contributed by atoms with van der Waals surface area (Å²) in [6.45, 7) is 2.53. The van der Waals surface area contributed by atoms with E-state index in [0.717, 1.165) is 25.9 Å². The molecule has 78 valence electrons. The van der Waals surface area contributed by atoms with Crippen molar-refractivity contribution in [3.05, 3.63) is 0 Å². The number of hydrogen-bond donors (Lipinski definition) is 3. The molecule has 13 heavy (non-hydrogen) atoms. The second-order valence-corrected chi connectivity index (χ2v) is 4.95. The van der Waals surface area contributed by atoms with E-state index >= 15 is 0 Å². The maximum Gasteiger partial charge on any atom is 0.276 e. The molecule has 6 heteroatoms. The molecule has 0 aromatic carbocycles. The third-order valence-electron chi connectivity index (χ3n) is 2.29. The van der Waals surface area contributed by atoms with Crippen molar-refractivity contribution in [2.75, 3.05) is 26.7 Å². The van der Waals surface area contributed by atoms with Crippen LogP contribution in [0.3, 0.4) is 0 Å². The maximum absolute atomic E-state index is 11.0. The Bertz CT molecular complexity index is 234. The van der Waals surface area contributed by atoms with E-state index in [2.05, 4.69) is 14.8 Å². The lowest BCUT2D eigenvalue weighted by Gasteiger charge is -2.22. The second-order valence-electron chi connectivity index (χ2n) is 3.25. The summed E-state index contributed by atoms with van der Waals surface area (Å²) in [4.78, 5) is 0. The van der Waals surface area contributed by atoms with Crippen molar-refractivity contribution < 1.29 is 8.42 Å². The Labute approximate surface area is 79.5 Å². The third kappa shape index (κ3) is 4.04. The molecular weight excluding hydrogens is 190 g/mol. The van der Waals surface area contributed by atoms with Crippen molar-refractivity contribution in [2.45, 2.75) is 12.8 Å². The van der Waals surface area contributed by atoms with Crippen molar-refractivity contribution in [1.29, 1.82) is 0 Å². The van der Waals surface area contributed by atoms with Crippen LogP contribution >= 0.6 is 0 Å². The van der Waals surface area contributed by atoms with Gasteiger partial charge in [-0.2, -0.15) is 8.42 Å². The lowest BCUT2D eigenvalue weighted by molar-refractivity contribution is 0.372. The van der Waals surface area contributed by atoms with E-state index in [-0.39, 0.29) is 0 Å². The van der Waals surface area contributed by atoms with Crippen LogP contribution in [0.2, 0.25) is 0 Å². The molecule has 3 N–H and O–H groups in total. The van der Waals surface area contributed by atoms with Crippen LogP contribution in [0.1, 0.15) is 12.8 Å².